The van der Waals surface area contributed by atoms with Gasteiger partial charge >= 0.3 is 0 Å². The zero-order chi connectivity index (χ0) is 10.6. The van der Waals surface area contributed by atoms with Crippen LogP contribution in [0, 0.1) is 0 Å². The molecule has 0 bridgehead atoms. The second-order valence-corrected chi connectivity index (χ2v) is 6.28. The molecule has 1 saturated heterocycles. The molecular weight excluding hydrogens is 196 g/mol. The highest BCUT2D eigenvalue weighted by Gasteiger charge is 2.24. The van der Waals surface area contributed by atoms with Gasteiger partial charge in [-0.3, -0.25) is 0 Å². The number of hydrogen-bond acceptors (Lipinski definition) is 3. The molecule has 0 N–H and O–H groups in total. The minimum Gasteiger partial charge on any atom is -0.417 e. The van der Waals surface area contributed by atoms with E-state index in [1.807, 2.05) is 0 Å². The first-order chi connectivity index (χ1) is 6.51. The molecule has 0 amide bonds. The Morgan fingerprint density at radius 3 is 2.57 bits per heavy atom. The van der Waals surface area contributed by atoms with Crippen molar-refractivity contribution in [2.75, 3.05) is 13.2 Å². The van der Waals surface area contributed by atoms with Crippen LogP contribution in [0.3, 0.4) is 0 Å². The Hall–Kier alpha value is 0.0969. The fraction of sp³-hybridized carbons (Fsp3) is 1.00. The molecule has 84 valence electrons. The van der Waals surface area contributed by atoms with Crippen LogP contribution < -0.4 is 0 Å². The molecule has 0 aliphatic carbocycles. The summed E-state index contributed by atoms with van der Waals surface area (Å²) in [4.78, 5) is 0. The van der Waals surface area contributed by atoms with Crippen LogP contribution in [0.4, 0.5) is 0 Å². The molecule has 3 nitrogen and oxygen atoms in total. The Morgan fingerprint density at radius 1 is 1.50 bits per heavy atom. The van der Waals surface area contributed by atoms with Gasteiger partial charge in [-0.25, -0.2) is 0 Å². The molecule has 0 aromatic rings. The number of ether oxygens (including phenoxy) is 2. The molecule has 1 rings (SSSR count). The maximum absolute atomic E-state index is 5.81. The van der Waals surface area contributed by atoms with Gasteiger partial charge in [-0.15, -0.1) is 0 Å². The van der Waals surface area contributed by atoms with Gasteiger partial charge in [0.15, 0.2) is 9.76 Å². The van der Waals surface area contributed by atoms with E-state index in [4.69, 9.17) is 13.9 Å². The molecule has 2 atom stereocenters. The van der Waals surface area contributed by atoms with Crippen LogP contribution in [0.2, 0.25) is 0 Å². The molecule has 0 radical (unpaired) electrons. The average Bonchev–Trinajstić information content (AvgIpc) is 2.86. The van der Waals surface area contributed by atoms with E-state index in [0.29, 0.717) is 11.8 Å². The monoisotopic (exact) mass is 218 g/mol. The maximum Gasteiger partial charge on any atom is 0.191 e. The van der Waals surface area contributed by atoms with Gasteiger partial charge in [0.25, 0.3) is 0 Å². The third-order valence-corrected chi connectivity index (χ3v) is 4.30. The summed E-state index contributed by atoms with van der Waals surface area (Å²) < 4.78 is 16.6. The van der Waals surface area contributed by atoms with E-state index in [1.54, 1.807) is 0 Å². The first kappa shape index (κ1) is 12.2. The summed E-state index contributed by atoms with van der Waals surface area (Å²) in [6.07, 6.45) is 1.42. The Morgan fingerprint density at radius 2 is 2.14 bits per heavy atom. The highest BCUT2D eigenvalue weighted by molar-refractivity contribution is 6.29. The maximum atomic E-state index is 5.81. The number of epoxide rings is 1. The van der Waals surface area contributed by atoms with Crippen molar-refractivity contribution >= 4 is 9.76 Å². The fourth-order valence-corrected chi connectivity index (χ4v) is 2.19. The smallest absolute Gasteiger partial charge is 0.191 e. The third-order valence-electron chi connectivity index (χ3n) is 2.08. The van der Waals surface area contributed by atoms with Crippen molar-refractivity contribution in [2.45, 2.75) is 51.5 Å². The second-order valence-electron chi connectivity index (χ2n) is 4.74. The fourth-order valence-electron chi connectivity index (χ4n) is 1.03. The first-order valence-corrected chi connectivity index (χ1v) is 6.78. The van der Waals surface area contributed by atoms with E-state index >= 15 is 0 Å². The lowest BCUT2D eigenvalue weighted by Gasteiger charge is -2.23. The van der Waals surface area contributed by atoms with Crippen LogP contribution in [0.5, 0.6) is 0 Å². The third kappa shape index (κ3) is 5.75. The van der Waals surface area contributed by atoms with Gasteiger partial charge in [-0.2, -0.15) is 0 Å². The topological polar surface area (TPSA) is 31.0 Å². The van der Waals surface area contributed by atoms with Crippen LogP contribution in [0.15, 0.2) is 0 Å². The Balaban J connectivity index is 2.10. The predicted octanol–water partition coefficient (Wildman–Crippen LogP) is 1.04. The molecular formula is C10H22O3Si. The predicted molar refractivity (Wildman–Crippen MR) is 59.2 cm³/mol. The summed E-state index contributed by atoms with van der Waals surface area (Å²) in [5.41, 5.74) is 0.331. The van der Waals surface area contributed by atoms with E-state index in [0.717, 1.165) is 19.6 Å². The summed E-state index contributed by atoms with van der Waals surface area (Å²) in [7, 11) is -0.572. The average molecular weight is 218 g/mol. The summed E-state index contributed by atoms with van der Waals surface area (Å²) in [6, 6.07) is 0. The minimum atomic E-state index is -0.572. The van der Waals surface area contributed by atoms with Crippen LogP contribution in [0.25, 0.3) is 0 Å². The molecule has 1 fully saturated rings. The van der Waals surface area contributed by atoms with Gasteiger partial charge in [0.1, 0.15) is 6.10 Å². The van der Waals surface area contributed by atoms with Crippen LogP contribution in [-0.2, 0) is 13.9 Å². The standard InChI is InChI=1S/C10H22O3Si/c1-5-9(12-7-8-6-11-8)14-13-10(2,3)4/h8-9H,5-7,14H2,1-4H3. The minimum absolute atomic E-state index is 0.0148. The molecule has 0 aromatic heterocycles. The summed E-state index contributed by atoms with van der Waals surface area (Å²) in [5.74, 6) is 0. The van der Waals surface area contributed by atoms with E-state index in [2.05, 4.69) is 27.7 Å². The van der Waals surface area contributed by atoms with E-state index < -0.39 is 9.76 Å². The lowest BCUT2D eigenvalue weighted by atomic mass is 10.2. The van der Waals surface area contributed by atoms with Crippen molar-refractivity contribution in [3.05, 3.63) is 0 Å². The number of hydrogen-bond donors (Lipinski definition) is 0. The largest absolute Gasteiger partial charge is 0.417 e. The van der Waals surface area contributed by atoms with Gasteiger partial charge < -0.3 is 13.9 Å². The van der Waals surface area contributed by atoms with Gasteiger partial charge in [0.2, 0.25) is 0 Å². The Labute approximate surface area is 89.1 Å². The van der Waals surface area contributed by atoms with Crippen LogP contribution >= 0.6 is 0 Å². The molecule has 14 heavy (non-hydrogen) atoms. The van der Waals surface area contributed by atoms with E-state index in [-0.39, 0.29) is 5.60 Å². The van der Waals surface area contributed by atoms with Crippen molar-refractivity contribution in [2.24, 2.45) is 0 Å². The normalized spacial score (nSPS) is 24.4. The first-order valence-electron chi connectivity index (χ1n) is 5.38. The van der Waals surface area contributed by atoms with Crippen LogP contribution in [0.1, 0.15) is 34.1 Å². The van der Waals surface area contributed by atoms with Crippen molar-refractivity contribution in [1.82, 2.24) is 0 Å². The van der Waals surface area contributed by atoms with Crippen molar-refractivity contribution in [3.8, 4) is 0 Å². The number of rotatable bonds is 6. The van der Waals surface area contributed by atoms with Crippen molar-refractivity contribution in [1.29, 1.82) is 0 Å². The molecule has 0 spiro atoms. The van der Waals surface area contributed by atoms with Crippen molar-refractivity contribution < 1.29 is 13.9 Å². The molecule has 4 heteroatoms. The quantitative estimate of drug-likeness (QED) is 0.493. The van der Waals surface area contributed by atoms with Gasteiger partial charge in [0.05, 0.1) is 18.9 Å². The van der Waals surface area contributed by atoms with Gasteiger partial charge in [-0.05, 0) is 27.2 Å². The molecule has 0 saturated carbocycles. The summed E-state index contributed by atoms with van der Waals surface area (Å²) in [5, 5.41) is 0. The van der Waals surface area contributed by atoms with E-state index in [1.165, 1.54) is 0 Å². The summed E-state index contributed by atoms with van der Waals surface area (Å²) in [6.45, 7) is 10.1. The Kier molecular flexibility index (Phi) is 4.57. The molecule has 1 aliphatic heterocycles. The molecule has 1 aliphatic rings. The van der Waals surface area contributed by atoms with E-state index in [9.17, 15) is 0 Å². The molecule has 0 aromatic carbocycles. The lowest BCUT2D eigenvalue weighted by Crippen LogP contribution is -2.31. The Bertz CT molecular complexity index is 163. The second kappa shape index (κ2) is 5.26. The van der Waals surface area contributed by atoms with Gasteiger partial charge in [-0.1, -0.05) is 6.92 Å². The molecule has 1 heterocycles. The zero-order valence-corrected chi connectivity index (χ0v) is 11.1. The van der Waals surface area contributed by atoms with Crippen LogP contribution in [-0.4, -0.2) is 40.4 Å². The lowest BCUT2D eigenvalue weighted by molar-refractivity contribution is 0.0591. The van der Waals surface area contributed by atoms with Gasteiger partial charge in [0, 0.05) is 5.60 Å². The van der Waals surface area contributed by atoms with Crippen molar-refractivity contribution in [3.63, 3.8) is 0 Å². The highest BCUT2D eigenvalue weighted by atomic mass is 28.2. The molecule has 2 unspecified atom stereocenters. The SMILES string of the molecule is CCC(OCC1CO1)[SiH2]OC(C)(C)C. The summed E-state index contributed by atoms with van der Waals surface area (Å²) >= 11 is 0. The zero-order valence-electron chi connectivity index (χ0n) is 9.71. The highest BCUT2D eigenvalue weighted by Crippen LogP contribution is 2.12.